The molecule has 2 aromatic carbocycles. The van der Waals surface area contributed by atoms with E-state index in [9.17, 15) is 0 Å². The molecule has 0 aliphatic carbocycles. The molecule has 0 saturated carbocycles. The molecule has 0 heterocycles. The Morgan fingerprint density at radius 3 is 2.40 bits per heavy atom. The summed E-state index contributed by atoms with van der Waals surface area (Å²) in [6.45, 7) is 7.02. The maximum Gasteiger partial charge on any atom is 0.119 e. The van der Waals surface area contributed by atoms with Gasteiger partial charge in [-0.05, 0) is 78.8 Å². The minimum Gasteiger partial charge on any atom is -0.491 e. The smallest absolute Gasteiger partial charge is 0.119 e. The molecule has 0 aromatic heterocycles. The Hall–Kier alpha value is -1.23. The Balaban J connectivity index is 1.95. The molecule has 2 aromatic rings. The zero-order valence-electron chi connectivity index (χ0n) is 12.1. The lowest BCUT2D eigenvalue weighted by Crippen LogP contribution is -2.05. The molecule has 106 valence electrons. The lowest BCUT2D eigenvalue weighted by molar-refractivity contribution is 0.242. The zero-order chi connectivity index (χ0) is 14.5. The van der Waals surface area contributed by atoms with Crippen LogP contribution in [0.25, 0.3) is 0 Å². The Kier molecular flexibility index (Phi) is 5.29. The average molecular weight is 381 g/mol. The maximum absolute atomic E-state index is 5.64. The summed E-state index contributed by atoms with van der Waals surface area (Å²) in [5.74, 6) is 0.925. The van der Waals surface area contributed by atoms with E-state index in [0.717, 1.165) is 18.0 Å². The van der Waals surface area contributed by atoms with Crippen LogP contribution in [0.3, 0.4) is 0 Å². The maximum atomic E-state index is 5.64. The zero-order valence-corrected chi connectivity index (χ0v) is 14.3. The highest BCUT2D eigenvalue weighted by molar-refractivity contribution is 14.1. The van der Waals surface area contributed by atoms with Crippen LogP contribution < -0.4 is 10.1 Å². The second kappa shape index (κ2) is 6.97. The van der Waals surface area contributed by atoms with Crippen molar-refractivity contribution in [2.75, 3.05) is 5.32 Å². The molecule has 1 N–H and O–H groups in total. The van der Waals surface area contributed by atoms with Gasteiger partial charge in [0.2, 0.25) is 0 Å². The lowest BCUT2D eigenvalue weighted by Gasteiger charge is -2.11. The first-order valence-electron chi connectivity index (χ1n) is 6.80. The quantitative estimate of drug-likeness (QED) is 0.736. The van der Waals surface area contributed by atoms with Crippen LogP contribution in [0.2, 0.25) is 0 Å². The number of anilines is 1. The van der Waals surface area contributed by atoms with Gasteiger partial charge in [-0.3, -0.25) is 0 Å². The Labute approximate surface area is 134 Å². The van der Waals surface area contributed by atoms with Crippen LogP contribution in [0.5, 0.6) is 5.75 Å². The van der Waals surface area contributed by atoms with Crippen LogP contribution in [-0.2, 0) is 6.54 Å². The molecule has 2 rings (SSSR count). The first-order chi connectivity index (χ1) is 9.54. The normalized spacial score (nSPS) is 10.7. The van der Waals surface area contributed by atoms with Crippen molar-refractivity contribution in [2.24, 2.45) is 0 Å². The monoisotopic (exact) mass is 381 g/mol. The number of aryl methyl sites for hydroxylation is 1. The molecule has 0 aliphatic rings. The first-order valence-corrected chi connectivity index (χ1v) is 7.88. The van der Waals surface area contributed by atoms with Crippen LogP contribution in [0.15, 0.2) is 42.5 Å². The highest BCUT2D eigenvalue weighted by atomic mass is 127. The number of benzene rings is 2. The standard InChI is InChI=1S/C17H20INO/c1-12(2)20-16-8-5-14(6-9-16)11-19-15-7-4-13(3)17(18)10-15/h4-10,12,19H,11H2,1-3H3. The third kappa shape index (κ3) is 4.40. The molecule has 0 spiro atoms. The number of hydrogen-bond acceptors (Lipinski definition) is 2. The number of nitrogens with one attached hydrogen (secondary N) is 1. The second-order valence-electron chi connectivity index (χ2n) is 5.13. The second-order valence-corrected chi connectivity index (χ2v) is 6.29. The van der Waals surface area contributed by atoms with E-state index in [1.54, 1.807) is 0 Å². The van der Waals surface area contributed by atoms with Crippen molar-refractivity contribution in [1.29, 1.82) is 0 Å². The van der Waals surface area contributed by atoms with Gasteiger partial charge < -0.3 is 10.1 Å². The van der Waals surface area contributed by atoms with Crippen LogP contribution in [-0.4, -0.2) is 6.10 Å². The van der Waals surface area contributed by atoms with E-state index in [4.69, 9.17) is 4.74 Å². The third-order valence-electron chi connectivity index (χ3n) is 2.96. The molecule has 0 radical (unpaired) electrons. The highest BCUT2D eigenvalue weighted by Crippen LogP contribution is 2.19. The number of rotatable bonds is 5. The summed E-state index contributed by atoms with van der Waals surface area (Å²) in [6, 6.07) is 14.7. The summed E-state index contributed by atoms with van der Waals surface area (Å²) in [4.78, 5) is 0. The van der Waals surface area contributed by atoms with Gasteiger partial charge in [0.25, 0.3) is 0 Å². The van der Waals surface area contributed by atoms with Crippen molar-refractivity contribution in [3.05, 3.63) is 57.2 Å². The minimum atomic E-state index is 0.216. The van der Waals surface area contributed by atoms with Gasteiger partial charge in [0.05, 0.1) is 6.10 Å². The van der Waals surface area contributed by atoms with E-state index < -0.39 is 0 Å². The van der Waals surface area contributed by atoms with Gasteiger partial charge in [-0.1, -0.05) is 18.2 Å². The van der Waals surface area contributed by atoms with Gasteiger partial charge >= 0.3 is 0 Å². The molecule has 0 aliphatic heterocycles. The van der Waals surface area contributed by atoms with Gasteiger partial charge in [0, 0.05) is 15.8 Å². The predicted molar refractivity (Wildman–Crippen MR) is 93.4 cm³/mol. The number of hydrogen-bond donors (Lipinski definition) is 1. The topological polar surface area (TPSA) is 21.3 Å². The van der Waals surface area contributed by atoms with E-state index in [-0.39, 0.29) is 6.10 Å². The Morgan fingerprint density at radius 1 is 1.10 bits per heavy atom. The molecule has 2 nitrogen and oxygen atoms in total. The molecule has 0 atom stereocenters. The van der Waals surface area contributed by atoms with Crippen LogP contribution in [0.4, 0.5) is 5.69 Å². The van der Waals surface area contributed by atoms with E-state index in [2.05, 4.69) is 65.2 Å². The van der Waals surface area contributed by atoms with Gasteiger partial charge in [-0.2, -0.15) is 0 Å². The van der Waals surface area contributed by atoms with Crippen molar-refractivity contribution in [2.45, 2.75) is 33.4 Å². The fraction of sp³-hybridized carbons (Fsp3) is 0.294. The molecule has 0 amide bonds. The van der Waals surface area contributed by atoms with Crippen molar-refractivity contribution in [3.63, 3.8) is 0 Å². The molecule has 0 fully saturated rings. The van der Waals surface area contributed by atoms with Crippen molar-refractivity contribution < 1.29 is 4.74 Å². The van der Waals surface area contributed by atoms with Gasteiger partial charge in [0.15, 0.2) is 0 Å². The summed E-state index contributed by atoms with van der Waals surface area (Å²) in [7, 11) is 0. The molecule has 0 bridgehead atoms. The highest BCUT2D eigenvalue weighted by Gasteiger charge is 2.00. The first kappa shape index (κ1) is 15.2. The van der Waals surface area contributed by atoms with Crippen molar-refractivity contribution in [1.82, 2.24) is 0 Å². The van der Waals surface area contributed by atoms with Gasteiger partial charge in [0.1, 0.15) is 5.75 Å². The molecule has 0 saturated heterocycles. The van der Waals surface area contributed by atoms with Crippen molar-refractivity contribution in [3.8, 4) is 5.75 Å². The molecule has 20 heavy (non-hydrogen) atoms. The summed E-state index contributed by atoms with van der Waals surface area (Å²) in [6.07, 6.45) is 0.216. The number of ether oxygens (including phenoxy) is 1. The molecular weight excluding hydrogens is 361 g/mol. The Bertz CT molecular complexity index is 564. The van der Waals surface area contributed by atoms with Crippen LogP contribution >= 0.6 is 22.6 Å². The third-order valence-corrected chi connectivity index (χ3v) is 4.13. The SMILES string of the molecule is Cc1ccc(NCc2ccc(OC(C)C)cc2)cc1I. The van der Waals surface area contributed by atoms with Crippen LogP contribution in [0.1, 0.15) is 25.0 Å². The predicted octanol–water partition coefficient (Wildman–Crippen LogP) is 5.00. The number of halogens is 1. The van der Waals surface area contributed by atoms with E-state index in [1.807, 2.05) is 26.0 Å². The van der Waals surface area contributed by atoms with Crippen LogP contribution in [0, 0.1) is 10.5 Å². The van der Waals surface area contributed by atoms with E-state index in [1.165, 1.54) is 14.7 Å². The minimum absolute atomic E-state index is 0.216. The largest absolute Gasteiger partial charge is 0.491 e. The van der Waals surface area contributed by atoms with Crippen molar-refractivity contribution >= 4 is 28.3 Å². The fourth-order valence-electron chi connectivity index (χ4n) is 1.86. The molecule has 0 unspecified atom stereocenters. The fourth-order valence-corrected chi connectivity index (χ4v) is 2.38. The summed E-state index contributed by atoms with van der Waals surface area (Å²) >= 11 is 2.36. The van der Waals surface area contributed by atoms with Gasteiger partial charge in [-0.25, -0.2) is 0 Å². The van der Waals surface area contributed by atoms with E-state index in [0.29, 0.717) is 0 Å². The summed E-state index contributed by atoms with van der Waals surface area (Å²) < 4.78 is 6.92. The Morgan fingerprint density at radius 2 is 1.80 bits per heavy atom. The lowest BCUT2D eigenvalue weighted by atomic mass is 10.2. The average Bonchev–Trinajstić information content (AvgIpc) is 2.41. The molecular formula is C17H20INO. The summed E-state index contributed by atoms with van der Waals surface area (Å²) in [5, 5.41) is 3.44. The van der Waals surface area contributed by atoms with E-state index >= 15 is 0 Å². The van der Waals surface area contributed by atoms with Gasteiger partial charge in [-0.15, -0.1) is 0 Å². The summed E-state index contributed by atoms with van der Waals surface area (Å²) in [5.41, 5.74) is 3.71. The molecule has 3 heteroatoms.